The zero-order chi connectivity index (χ0) is 15.6. The van der Waals surface area contributed by atoms with Crippen molar-refractivity contribution in [3.05, 3.63) is 22.7 Å². The van der Waals surface area contributed by atoms with Gasteiger partial charge < -0.3 is 14.8 Å². The first-order chi connectivity index (χ1) is 9.92. The number of aryl methyl sites for hydroxylation is 1. The van der Waals surface area contributed by atoms with Crippen LogP contribution in [0.5, 0.6) is 5.75 Å². The van der Waals surface area contributed by atoms with Crippen molar-refractivity contribution in [2.24, 2.45) is 11.8 Å². The van der Waals surface area contributed by atoms with Crippen molar-refractivity contribution in [3.63, 3.8) is 0 Å². The average molecular weight is 312 g/mol. The minimum Gasteiger partial charge on any atom is -0.495 e. The molecule has 0 bridgehead atoms. The van der Waals surface area contributed by atoms with Gasteiger partial charge in [0.1, 0.15) is 5.75 Å². The van der Waals surface area contributed by atoms with Gasteiger partial charge in [-0.1, -0.05) is 18.5 Å². The number of hydrogen-bond acceptors (Lipinski definition) is 4. The Labute approximate surface area is 128 Å². The Morgan fingerprint density at radius 3 is 2.67 bits per heavy atom. The number of ether oxygens (including phenoxy) is 2. The van der Waals surface area contributed by atoms with Gasteiger partial charge in [0.25, 0.3) is 5.91 Å². The minimum absolute atomic E-state index is 0.0508. The fourth-order valence-electron chi connectivity index (χ4n) is 2.01. The number of esters is 1. The highest BCUT2D eigenvalue weighted by Gasteiger charge is 2.40. The second kappa shape index (κ2) is 6.35. The van der Waals surface area contributed by atoms with Gasteiger partial charge >= 0.3 is 5.97 Å². The van der Waals surface area contributed by atoms with E-state index < -0.39 is 5.91 Å². The average Bonchev–Trinajstić information content (AvgIpc) is 3.17. The van der Waals surface area contributed by atoms with Gasteiger partial charge in [-0.25, -0.2) is 0 Å². The lowest BCUT2D eigenvalue weighted by molar-refractivity contribution is -0.148. The Bertz CT molecular complexity index is 573. The largest absolute Gasteiger partial charge is 0.495 e. The zero-order valence-corrected chi connectivity index (χ0v) is 13.0. The minimum atomic E-state index is -0.406. The molecular formula is C15H18ClNO4. The first-order valence-electron chi connectivity index (χ1n) is 6.73. The SMILES string of the molecule is COc1cc(Cl)c(C)cc1NC(=O)COC(=O)[C@H]1C[C@H]1C. The number of amides is 1. The summed E-state index contributed by atoms with van der Waals surface area (Å²) in [6.45, 7) is 3.51. The van der Waals surface area contributed by atoms with Crippen LogP contribution in [0.4, 0.5) is 5.69 Å². The molecule has 21 heavy (non-hydrogen) atoms. The first-order valence-corrected chi connectivity index (χ1v) is 7.10. The fraction of sp³-hybridized carbons (Fsp3) is 0.467. The van der Waals surface area contributed by atoms with E-state index in [0.29, 0.717) is 22.4 Å². The van der Waals surface area contributed by atoms with Crippen LogP contribution >= 0.6 is 11.6 Å². The van der Waals surface area contributed by atoms with Crippen molar-refractivity contribution in [1.29, 1.82) is 0 Å². The Morgan fingerprint density at radius 2 is 2.10 bits per heavy atom. The van der Waals surface area contributed by atoms with E-state index in [1.807, 2.05) is 13.8 Å². The highest BCUT2D eigenvalue weighted by molar-refractivity contribution is 6.31. The molecule has 0 unspecified atom stereocenters. The van der Waals surface area contributed by atoms with Gasteiger partial charge in [-0.2, -0.15) is 0 Å². The number of carbonyl (C=O) groups is 2. The van der Waals surface area contributed by atoms with Crippen LogP contribution < -0.4 is 10.1 Å². The molecule has 1 amide bonds. The molecule has 1 saturated carbocycles. The molecule has 0 spiro atoms. The van der Waals surface area contributed by atoms with E-state index in [1.54, 1.807) is 12.1 Å². The van der Waals surface area contributed by atoms with Crippen LogP contribution in [0.25, 0.3) is 0 Å². The summed E-state index contributed by atoms with van der Waals surface area (Å²) in [6, 6.07) is 3.34. The van der Waals surface area contributed by atoms with E-state index in [-0.39, 0.29) is 18.5 Å². The Hall–Kier alpha value is -1.75. The molecule has 1 aliphatic rings. The third-order valence-electron chi connectivity index (χ3n) is 3.51. The van der Waals surface area contributed by atoms with Crippen LogP contribution in [0.3, 0.4) is 0 Å². The van der Waals surface area contributed by atoms with Gasteiger partial charge in [0, 0.05) is 11.1 Å². The zero-order valence-electron chi connectivity index (χ0n) is 12.2. The van der Waals surface area contributed by atoms with Crippen LogP contribution in [-0.2, 0) is 14.3 Å². The van der Waals surface area contributed by atoms with Gasteiger partial charge in [-0.3, -0.25) is 9.59 Å². The van der Waals surface area contributed by atoms with Crippen LogP contribution in [-0.4, -0.2) is 25.6 Å². The number of methoxy groups -OCH3 is 1. The van der Waals surface area contributed by atoms with Gasteiger partial charge in [-0.05, 0) is 30.9 Å². The van der Waals surface area contributed by atoms with Gasteiger partial charge in [0.15, 0.2) is 6.61 Å². The molecule has 1 aliphatic carbocycles. The quantitative estimate of drug-likeness (QED) is 0.849. The lowest BCUT2D eigenvalue weighted by Crippen LogP contribution is -2.22. The summed E-state index contributed by atoms with van der Waals surface area (Å²) >= 11 is 6.00. The first kappa shape index (κ1) is 15.6. The third-order valence-corrected chi connectivity index (χ3v) is 3.92. The lowest BCUT2D eigenvalue weighted by Gasteiger charge is -2.12. The number of rotatable bonds is 5. The Kier molecular flexibility index (Phi) is 4.73. The van der Waals surface area contributed by atoms with Crippen molar-refractivity contribution < 1.29 is 19.1 Å². The molecule has 0 heterocycles. The maximum atomic E-state index is 11.8. The van der Waals surface area contributed by atoms with Crippen LogP contribution in [0.2, 0.25) is 5.02 Å². The maximum absolute atomic E-state index is 11.8. The van der Waals surface area contributed by atoms with E-state index in [2.05, 4.69) is 5.32 Å². The van der Waals surface area contributed by atoms with Crippen molar-refractivity contribution in [1.82, 2.24) is 0 Å². The predicted molar refractivity (Wildman–Crippen MR) is 79.6 cm³/mol. The Balaban J connectivity index is 1.93. The van der Waals surface area contributed by atoms with Crippen molar-refractivity contribution in [2.45, 2.75) is 20.3 Å². The van der Waals surface area contributed by atoms with Crippen LogP contribution in [0.15, 0.2) is 12.1 Å². The number of benzene rings is 1. The number of nitrogens with one attached hydrogen (secondary N) is 1. The van der Waals surface area contributed by atoms with Gasteiger partial charge in [0.05, 0.1) is 18.7 Å². The van der Waals surface area contributed by atoms with E-state index in [1.165, 1.54) is 7.11 Å². The lowest BCUT2D eigenvalue weighted by atomic mass is 10.2. The van der Waals surface area contributed by atoms with E-state index >= 15 is 0 Å². The molecule has 1 aromatic rings. The smallest absolute Gasteiger partial charge is 0.309 e. The fourth-order valence-corrected chi connectivity index (χ4v) is 2.16. The van der Waals surface area contributed by atoms with Crippen LogP contribution in [0.1, 0.15) is 18.9 Å². The molecule has 0 aliphatic heterocycles. The second-order valence-corrected chi connectivity index (χ2v) is 5.68. The summed E-state index contributed by atoms with van der Waals surface area (Å²) in [4.78, 5) is 23.4. The number of anilines is 1. The van der Waals surface area contributed by atoms with Crippen molar-refractivity contribution >= 4 is 29.2 Å². The summed E-state index contributed by atoms with van der Waals surface area (Å²) in [5.41, 5.74) is 1.32. The molecule has 5 nitrogen and oxygen atoms in total. The van der Waals surface area contributed by atoms with Gasteiger partial charge in [-0.15, -0.1) is 0 Å². The molecule has 2 atom stereocenters. The Morgan fingerprint density at radius 1 is 1.43 bits per heavy atom. The molecule has 6 heteroatoms. The normalized spacial score (nSPS) is 19.8. The maximum Gasteiger partial charge on any atom is 0.309 e. The molecule has 0 aromatic heterocycles. The van der Waals surface area contributed by atoms with E-state index in [4.69, 9.17) is 21.1 Å². The number of hydrogen-bond donors (Lipinski definition) is 1. The third kappa shape index (κ3) is 3.88. The monoisotopic (exact) mass is 311 g/mol. The molecule has 1 fully saturated rings. The van der Waals surface area contributed by atoms with Crippen molar-refractivity contribution in [2.75, 3.05) is 19.0 Å². The predicted octanol–water partition coefficient (Wildman–Crippen LogP) is 2.79. The molecule has 2 rings (SSSR count). The van der Waals surface area contributed by atoms with Crippen LogP contribution in [0, 0.1) is 18.8 Å². The standard InChI is InChI=1S/C15H18ClNO4/c1-8-4-10(8)15(19)21-7-14(18)17-12-5-9(2)11(16)6-13(12)20-3/h5-6,8,10H,4,7H2,1-3H3,(H,17,18)/t8-,10+/m1/s1. The van der Waals surface area contributed by atoms with E-state index in [0.717, 1.165) is 12.0 Å². The summed E-state index contributed by atoms with van der Waals surface area (Å²) in [5.74, 6) is 0.0550. The van der Waals surface area contributed by atoms with E-state index in [9.17, 15) is 9.59 Å². The number of carbonyl (C=O) groups excluding carboxylic acids is 2. The summed E-state index contributed by atoms with van der Waals surface area (Å²) in [6.07, 6.45) is 0.838. The molecule has 1 aromatic carbocycles. The van der Waals surface area contributed by atoms with Crippen molar-refractivity contribution in [3.8, 4) is 5.75 Å². The molecule has 1 N–H and O–H groups in total. The number of halogens is 1. The molecule has 0 saturated heterocycles. The highest BCUT2D eigenvalue weighted by atomic mass is 35.5. The molecule has 0 radical (unpaired) electrons. The molecular weight excluding hydrogens is 294 g/mol. The topological polar surface area (TPSA) is 64.6 Å². The highest BCUT2D eigenvalue weighted by Crippen LogP contribution is 2.38. The summed E-state index contributed by atoms with van der Waals surface area (Å²) < 4.78 is 10.1. The molecule has 114 valence electrons. The summed E-state index contributed by atoms with van der Waals surface area (Å²) in [5, 5.41) is 3.21. The van der Waals surface area contributed by atoms with Gasteiger partial charge in [0.2, 0.25) is 0 Å². The summed E-state index contributed by atoms with van der Waals surface area (Å²) in [7, 11) is 1.49. The second-order valence-electron chi connectivity index (χ2n) is 5.28.